The molecule has 0 aliphatic carbocycles. The molecular weight excluding hydrogens is 200 g/mol. The van der Waals surface area contributed by atoms with E-state index >= 15 is 0 Å². The normalized spacial score (nSPS) is 10.6. The first-order valence-electron chi connectivity index (χ1n) is 5.58. The van der Waals surface area contributed by atoms with Crippen molar-refractivity contribution in [3.63, 3.8) is 0 Å². The molecule has 3 heteroatoms. The SMILES string of the molecule is CCCc1cn(-c2ccc(C)cc2)[nH]c1=O. The molecule has 0 fully saturated rings. The van der Waals surface area contributed by atoms with Crippen LogP contribution < -0.4 is 5.56 Å². The van der Waals surface area contributed by atoms with E-state index in [0.717, 1.165) is 24.1 Å². The van der Waals surface area contributed by atoms with E-state index in [1.54, 1.807) is 4.68 Å². The minimum atomic E-state index is 0.0161. The number of nitrogens with zero attached hydrogens (tertiary/aromatic N) is 1. The molecule has 2 rings (SSSR count). The average molecular weight is 216 g/mol. The first-order chi connectivity index (χ1) is 7.70. The zero-order chi connectivity index (χ0) is 11.5. The first-order valence-corrected chi connectivity index (χ1v) is 5.58. The van der Waals surface area contributed by atoms with Crippen molar-refractivity contribution in [2.24, 2.45) is 0 Å². The summed E-state index contributed by atoms with van der Waals surface area (Å²) in [6, 6.07) is 8.07. The molecule has 0 saturated carbocycles. The predicted molar refractivity (Wildman–Crippen MR) is 65.1 cm³/mol. The van der Waals surface area contributed by atoms with Gasteiger partial charge >= 0.3 is 0 Å². The van der Waals surface area contributed by atoms with Gasteiger partial charge in [0.2, 0.25) is 0 Å². The molecule has 0 bridgehead atoms. The quantitative estimate of drug-likeness (QED) is 0.840. The molecule has 0 unspecified atom stereocenters. The molecule has 0 amide bonds. The van der Waals surface area contributed by atoms with Gasteiger partial charge < -0.3 is 0 Å². The minimum absolute atomic E-state index is 0.0161. The molecule has 0 saturated heterocycles. The Kier molecular flexibility index (Phi) is 2.95. The monoisotopic (exact) mass is 216 g/mol. The van der Waals surface area contributed by atoms with Crippen molar-refractivity contribution in [1.29, 1.82) is 0 Å². The van der Waals surface area contributed by atoms with E-state index in [2.05, 4.69) is 12.0 Å². The summed E-state index contributed by atoms with van der Waals surface area (Å²) in [7, 11) is 0. The van der Waals surface area contributed by atoms with Crippen LogP contribution in [-0.2, 0) is 6.42 Å². The van der Waals surface area contributed by atoms with E-state index < -0.39 is 0 Å². The van der Waals surface area contributed by atoms with Crippen molar-refractivity contribution in [3.8, 4) is 5.69 Å². The van der Waals surface area contributed by atoms with Gasteiger partial charge in [-0.3, -0.25) is 14.6 Å². The predicted octanol–water partition coefficient (Wildman–Crippen LogP) is 2.43. The second-order valence-electron chi connectivity index (χ2n) is 4.05. The largest absolute Gasteiger partial charge is 0.268 e. The standard InChI is InChI=1S/C13H16N2O/c1-3-4-11-9-15(14-13(11)16)12-7-5-10(2)6-8-12/h5-9H,3-4H2,1-2H3,(H,14,16). The third-order valence-electron chi connectivity index (χ3n) is 2.63. The molecule has 0 radical (unpaired) electrons. The van der Waals surface area contributed by atoms with Crippen molar-refractivity contribution in [1.82, 2.24) is 9.78 Å². The van der Waals surface area contributed by atoms with Gasteiger partial charge in [0, 0.05) is 11.8 Å². The summed E-state index contributed by atoms with van der Waals surface area (Å²) in [5.41, 5.74) is 3.07. The van der Waals surface area contributed by atoms with Crippen LogP contribution in [0.3, 0.4) is 0 Å². The van der Waals surface area contributed by atoms with Gasteiger partial charge in [-0.15, -0.1) is 0 Å². The first kappa shape index (κ1) is 10.7. The number of hydrogen-bond acceptors (Lipinski definition) is 1. The molecule has 1 N–H and O–H groups in total. The van der Waals surface area contributed by atoms with Gasteiger partial charge in [-0.05, 0) is 25.5 Å². The van der Waals surface area contributed by atoms with Crippen LogP contribution in [0.15, 0.2) is 35.3 Å². The summed E-state index contributed by atoms with van der Waals surface area (Å²) in [5.74, 6) is 0. The third-order valence-corrected chi connectivity index (χ3v) is 2.63. The lowest BCUT2D eigenvalue weighted by molar-refractivity contribution is 0.863. The molecule has 0 aliphatic rings. The molecule has 1 aromatic carbocycles. The second-order valence-corrected chi connectivity index (χ2v) is 4.05. The van der Waals surface area contributed by atoms with E-state index in [9.17, 15) is 4.79 Å². The maximum Gasteiger partial charge on any atom is 0.267 e. The van der Waals surface area contributed by atoms with E-state index in [1.165, 1.54) is 5.56 Å². The van der Waals surface area contributed by atoms with E-state index in [0.29, 0.717) is 0 Å². The van der Waals surface area contributed by atoms with Crippen LogP contribution in [0.25, 0.3) is 5.69 Å². The van der Waals surface area contributed by atoms with Gasteiger partial charge in [-0.1, -0.05) is 31.0 Å². The molecule has 1 heterocycles. The van der Waals surface area contributed by atoms with Gasteiger partial charge in [0.05, 0.1) is 5.69 Å². The highest BCUT2D eigenvalue weighted by Gasteiger charge is 2.03. The molecule has 16 heavy (non-hydrogen) atoms. The Bertz CT molecular complexity index is 520. The second kappa shape index (κ2) is 4.39. The van der Waals surface area contributed by atoms with E-state index in [1.807, 2.05) is 37.4 Å². The Morgan fingerprint density at radius 1 is 1.25 bits per heavy atom. The zero-order valence-electron chi connectivity index (χ0n) is 9.66. The number of aromatic amines is 1. The fourth-order valence-electron chi connectivity index (χ4n) is 1.72. The molecular formula is C13H16N2O. The molecule has 84 valence electrons. The minimum Gasteiger partial charge on any atom is -0.268 e. The van der Waals surface area contributed by atoms with Crippen LogP contribution in [0.2, 0.25) is 0 Å². The third kappa shape index (κ3) is 2.08. The highest BCUT2D eigenvalue weighted by Crippen LogP contribution is 2.08. The van der Waals surface area contributed by atoms with Crippen molar-refractivity contribution in [3.05, 3.63) is 51.9 Å². The van der Waals surface area contributed by atoms with Crippen LogP contribution >= 0.6 is 0 Å². The number of rotatable bonds is 3. The highest BCUT2D eigenvalue weighted by atomic mass is 16.1. The topological polar surface area (TPSA) is 37.8 Å². The van der Waals surface area contributed by atoms with Gasteiger partial charge in [-0.2, -0.15) is 0 Å². The lowest BCUT2D eigenvalue weighted by Gasteiger charge is -2.01. The number of aryl methyl sites for hydroxylation is 2. The maximum atomic E-state index is 11.6. The van der Waals surface area contributed by atoms with Crippen LogP contribution in [0, 0.1) is 6.92 Å². The number of hydrogen-bond donors (Lipinski definition) is 1. The summed E-state index contributed by atoms with van der Waals surface area (Å²) in [6.45, 7) is 4.12. The molecule has 0 spiro atoms. The fraction of sp³-hybridized carbons (Fsp3) is 0.308. The van der Waals surface area contributed by atoms with Crippen LogP contribution in [0.5, 0.6) is 0 Å². The van der Waals surface area contributed by atoms with E-state index in [4.69, 9.17) is 0 Å². The Balaban J connectivity index is 2.37. The van der Waals surface area contributed by atoms with Crippen molar-refractivity contribution in [2.75, 3.05) is 0 Å². The Hall–Kier alpha value is -1.77. The fourth-order valence-corrected chi connectivity index (χ4v) is 1.72. The van der Waals surface area contributed by atoms with Crippen LogP contribution in [-0.4, -0.2) is 9.78 Å². The summed E-state index contributed by atoms with van der Waals surface area (Å²) < 4.78 is 1.78. The Morgan fingerprint density at radius 3 is 2.56 bits per heavy atom. The van der Waals surface area contributed by atoms with Crippen molar-refractivity contribution < 1.29 is 0 Å². The lowest BCUT2D eigenvalue weighted by Crippen LogP contribution is -2.07. The van der Waals surface area contributed by atoms with Gasteiger partial charge in [0.15, 0.2) is 0 Å². The number of nitrogens with one attached hydrogen (secondary N) is 1. The summed E-state index contributed by atoms with van der Waals surface area (Å²) >= 11 is 0. The number of H-pyrrole nitrogens is 1. The van der Waals surface area contributed by atoms with E-state index in [-0.39, 0.29) is 5.56 Å². The molecule has 2 aromatic rings. The van der Waals surface area contributed by atoms with Crippen LogP contribution in [0.1, 0.15) is 24.5 Å². The van der Waals surface area contributed by atoms with Crippen molar-refractivity contribution in [2.45, 2.75) is 26.7 Å². The van der Waals surface area contributed by atoms with Gasteiger partial charge in [0.1, 0.15) is 0 Å². The molecule has 1 aromatic heterocycles. The number of aromatic nitrogens is 2. The van der Waals surface area contributed by atoms with Crippen LogP contribution in [0.4, 0.5) is 0 Å². The van der Waals surface area contributed by atoms with Crippen molar-refractivity contribution >= 4 is 0 Å². The summed E-state index contributed by atoms with van der Waals surface area (Å²) in [6.07, 6.45) is 3.70. The summed E-state index contributed by atoms with van der Waals surface area (Å²) in [5, 5.41) is 2.83. The molecule has 0 atom stereocenters. The average Bonchev–Trinajstić information content (AvgIpc) is 2.62. The Labute approximate surface area is 94.7 Å². The van der Waals surface area contributed by atoms with Gasteiger partial charge in [0.25, 0.3) is 5.56 Å². The highest BCUT2D eigenvalue weighted by molar-refractivity contribution is 5.33. The molecule has 0 aliphatic heterocycles. The Morgan fingerprint density at radius 2 is 1.94 bits per heavy atom. The zero-order valence-corrected chi connectivity index (χ0v) is 9.66. The smallest absolute Gasteiger partial charge is 0.267 e. The lowest BCUT2D eigenvalue weighted by atomic mass is 10.2. The molecule has 3 nitrogen and oxygen atoms in total. The maximum absolute atomic E-state index is 11.6. The van der Waals surface area contributed by atoms with Gasteiger partial charge in [-0.25, -0.2) is 0 Å². The number of benzene rings is 1. The summed E-state index contributed by atoms with van der Waals surface area (Å²) in [4.78, 5) is 11.6.